The van der Waals surface area contributed by atoms with Gasteiger partial charge in [-0.3, -0.25) is 9.36 Å². The van der Waals surface area contributed by atoms with E-state index in [1.807, 2.05) is 6.08 Å². The third-order valence-corrected chi connectivity index (χ3v) is 3.32. The van der Waals surface area contributed by atoms with Crippen molar-refractivity contribution < 1.29 is 9.84 Å². The summed E-state index contributed by atoms with van der Waals surface area (Å²) in [6.07, 6.45) is 8.17. The van der Waals surface area contributed by atoms with Gasteiger partial charge in [-0.1, -0.05) is 6.08 Å². The Balaban J connectivity index is 1.98. The van der Waals surface area contributed by atoms with E-state index in [9.17, 15) is 9.90 Å². The maximum Gasteiger partial charge on any atom is 0.278 e. The lowest BCUT2D eigenvalue weighted by Gasteiger charge is -2.26. The highest BCUT2D eigenvalue weighted by Gasteiger charge is 2.35. The summed E-state index contributed by atoms with van der Waals surface area (Å²) in [6.45, 7) is 3.52. The van der Waals surface area contributed by atoms with E-state index in [0.717, 1.165) is 0 Å². The number of nitrogens with zero attached hydrogens (tertiary/aromatic N) is 3. The first-order valence-corrected chi connectivity index (χ1v) is 6.18. The number of aliphatic hydroxyl groups excluding tert-OH is 1. The molecule has 2 atom stereocenters. The van der Waals surface area contributed by atoms with Crippen LogP contribution in [0.25, 0.3) is 11.2 Å². The van der Waals surface area contributed by atoms with Crippen molar-refractivity contribution in [1.82, 2.24) is 19.5 Å². The van der Waals surface area contributed by atoms with Crippen molar-refractivity contribution in [1.29, 1.82) is 0 Å². The first-order chi connectivity index (χ1) is 9.69. The number of aromatic amines is 1. The quantitative estimate of drug-likeness (QED) is 0.792. The average molecular weight is 274 g/mol. The zero-order valence-electron chi connectivity index (χ0n) is 10.7. The van der Waals surface area contributed by atoms with Gasteiger partial charge in [0.25, 0.3) is 5.56 Å². The van der Waals surface area contributed by atoms with E-state index in [2.05, 4.69) is 21.5 Å². The predicted molar refractivity (Wildman–Crippen MR) is 72.0 cm³/mol. The van der Waals surface area contributed by atoms with Crippen LogP contribution in [0, 0.1) is 0 Å². The molecule has 7 heteroatoms. The van der Waals surface area contributed by atoms with Crippen molar-refractivity contribution in [3.8, 4) is 0 Å². The van der Waals surface area contributed by atoms with Gasteiger partial charge in [-0.25, -0.2) is 9.97 Å². The van der Waals surface area contributed by atoms with E-state index in [-0.39, 0.29) is 17.7 Å². The Morgan fingerprint density at radius 2 is 2.45 bits per heavy atom. The Hall–Kier alpha value is -2.25. The maximum atomic E-state index is 11.6. The van der Waals surface area contributed by atoms with Crippen LogP contribution in [0.5, 0.6) is 0 Å². The Morgan fingerprint density at radius 1 is 1.60 bits per heavy atom. The number of H-pyrrole nitrogens is 1. The lowest BCUT2D eigenvalue weighted by Crippen LogP contribution is -2.32. The number of aliphatic hydroxyl groups is 1. The molecule has 0 saturated carbocycles. The smallest absolute Gasteiger partial charge is 0.278 e. The number of aromatic nitrogens is 4. The molecule has 0 fully saturated rings. The predicted octanol–water partition coefficient (Wildman–Crippen LogP) is 0.512. The first-order valence-electron chi connectivity index (χ1n) is 6.18. The lowest BCUT2D eigenvalue weighted by atomic mass is 10.0. The van der Waals surface area contributed by atoms with Crippen LogP contribution in [-0.2, 0) is 4.74 Å². The second-order valence-corrected chi connectivity index (χ2v) is 4.64. The molecule has 1 aliphatic heterocycles. The molecule has 3 rings (SSSR count). The van der Waals surface area contributed by atoms with E-state index < -0.39 is 11.8 Å². The number of nitrogens with one attached hydrogen (secondary N) is 1. The molecule has 1 aliphatic rings. The molecule has 2 aromatic rings. The van der Waals surface area contributed by atoms with Gasteiger partial charge in [0, 0.05) is 6.42 Å². The summed E-state index contributed by atoms with van der Waals surface area (Å²) < 4.78 is 7.52. The molecular formula is C13H14N4O3. The van der Waals surface area contributed by atoms with Crippen molar-refractivity contribution in [3.63, 3.8) is 0 Å². The van der Waals surface area contributed by atoms with Gasteiger partial charge in [-0.2, -0.15) is 0 Å². The highest BCUT2D eigenvalue weighted by molar-refractivity contribution is 5.69. The molecule has 104 valence electrons. The molecule has 0 bridgehead atoms. The van der Waals surface area contributed by atoms with Crippen LogP contribution in [0.15, 0.2) is 42.3 Å². The van der Waals surface area contributed by atoms with Gasteiger partial charge in [-0.15, -0.1) is 6.58 Å². The minimum absolute atomic E-state index is 0.146. The van der Waals surface area contributed by atoms with Gasteiger partial charge in [0.2, 0.25) is 0 Å². The summed E-state index contributed by atoms with van der Waals surface area (Å²) in [7, 11) is 0. The topological polar surface area (TPSA) is 93.0 Å². The molecule has 0 amide bonds. The maximum absolute atomic E-state index is 11.6. The third-order valence-electron chi connectivity index (χ3n) is 3.32. The molecule has 0 aliphatic carbocycles. The summed E-state index contributed by atoms with van der Waals surface area (Å²) >= 11 is 0. The average Bonchev–Trinajstić information content (AvgIpc) is 3.04. The Morgan fingerprint density at radius 3 is 3.20 bits per heavy atom. The monoisotopic (exact) mass is 274 g/mol. The Labute approximate surface area is 114 Å². The number of imidazole rings is 1. The minimum atomic E-state index is -0.774. The number of fused-ring (bicyclic) bond motifs is 1. The van der Waals surface area contributed by atoms with Gasteiger partial charge in [-0.05, 0) is 12.2 Å². The summed E-state index contributed by atoms with van der Waals surface area (Å²) in [4.78, 5) is 22.2. The van der Waals surface area contributed by atoms with Gasteiger partial charge < -0.3 is 14.8 Å². The summed E-state index contributed by atoms with van der Waals surface area (Å²) in [6, 6.07) is 0. The van der Waals surface area contributed by atoms with Gasteiger partial charge in [0.15, 0.2) is 17.4 Å². The van der Waals surface area contributed by atoms with Crippen LogP contribution in [0.3, 0.4) is 0 Å². The SMILES string of the molecule is C=CC[C@@]1(CO)C=C[C@H](n2cnc3c(=O)[nH]cnc32)O1. The van der Waals surface area contributed by atoms with Crippen LogP contribution in [0.4, 0.5) is 0 Å². The van der Waals surface area contributed by atoms with Gasteiger partial charge >= 0.3 is 0 Å². The van der Waals surface area contributed by atoms with Crippen LogP contribution < -0.4 is 5.56 Å². The summed E-state index contributed by atoms with van der Waals surface area (Å²) in [5, 5.41) is 9.50. The van der Waals surface area contributed by atoms with Crippen molar-refractivity contribution in [2.24, 2.45) is 0 Å². The first kappa shape index (κ1) is 12.8. The fraction of sp³-hybridized carbons (Fsp3) is 0.308. The van der Waals surface area contributed by atoms with E-state index in [1.54, 1.807) is 16.7 Å². The highest BCUT2D eigenvalue weighted by Crippen LogP contribution is 2.33. The zero-order chi connectivity index (χ0) is 14.2. The zero-order valence-corrected chi connectivity index (χ0v) is 10.7. The molecular weight excluding hydrogens is 260 g/mol. The second kappa shape index (κ2) is 4.69. The highest BCUT2D eigenvalue weighted by atomic mass is 16.5. The molecule has 0 unspecified atom stereocenters. The van der Waals surface area contributed by atoms with Gasteiger partial charge in [0.1, 0.15) is 5.60 Å². The van der Waals surface area contributed by atoms with Crippen LogP contribution in [0.1, 0.15) is 12.6 Å². The van der Waals surface area contributed by atoms with Crippen molar-refractivity contribution in [2.75, 3.05) is 6.61 Å². The number of ether oxygens (including phenoxy) is 1. The molecule has 2 aromatic heterocycles. The van der Waals surface area contributed by atoms with Crippen molar-refractivity contribution in [2.45, 2.75) is 18.2 Å². The van der Waals surface area contributed by atoms with Crippen LogP contribution in [0.2, 0.25) is 0 Å². The van der Waals surface area contributed by atoms with E-state index >= 15 is 0 Å². The number of rotatable bonds is 4. The molecule has 3 heterocycles. The molecule has 0 saturated heterocycles. The molecule has 0 aromatic carbocycles. The number of hydrogen-bond acceptors (Lipinski definition) is 5. The second-order valence-electron chi connectivity index (χ2n) is 4.64. The fourth-order valence-corrected chi connectivity index (χ4v) is 2.29. The summed E-state index contributed by atoms with van der Waals surface area (Å²) in [5.41, 5.74) is -0.370. The minimum Gasteiger partial charge on any atom is -0.393 e. The molecule has 20 heavy (non-hydrogen) atoms. The molecule has 0 radical (unpaired) electrons. The molecule has 7 nitrogen and oxygen atoms in total. The van der Waals surface area contributed by atoms with E-state index in [1.165, 1.54) is 12.7 Å². The normalized spacial score (nSPS) is 25.4. The van der Waals surface area contributed by atoms with Crippen molar-refractivity contribution >= 4 is 11.2 Å². The standard InChI is InChI=1S/C13H14N4O3/c1-2-4-13(6-18)5-3-9(20-13)17-8-16-10-11(17)14-7-15-12(10)19/h2-3,5,7-9,18H,1,4,6H2,(H,14,15,19)/t9-,13+/m1/s1. The van der Waals surface area contributed by atoms with Crippen molar-refractivity contribution in [3.05, 3.63) is 47.8 Å². The molecule has 0 spiro atoms. The third kappa shape index (κ3) is 1.87. The Bertz CT molecular complexity index is 733. The van der Waals surface area contributed by atoms with Crippen LogP contribution >= 0.6 is 0 Å². The Kier molecular flexibility index (Phi) is 3.00. The summed E-state index contributed by atoms with van der Waals surface area (Å²) in [5.74, 6) is 0. The fourth-order valence-electron chi connectivity index (χ4n) is 2.29. The van der Waals surface area contributed by atoms with E-state index in [0.29, 0.717) is 12.1 Å². The number of hydrogen-bond donors (Lipinski definition) is 2. The van der Waals surface area contributed by atoms with Gasteiger partial charge in [0.05, 0.1) is 19.3 Å². The van der Waals surface area contributed by atoms with E-state index in [4.69, 9.17) is 4.74 Å². The largest absolute Gasteiger partial charge is 0.393 e. The molecule has 2 N–H and O–H groups in total. The lowest BCUT2D eigenvalue weighted by molar-refractivity contribution is -0.0793. The van der Waals surface area contributed by atoms with Crippen LogP contribution in [-0.4, -0.2) is 36.8 Å².